The van der Waals surface area contributed by atoms with Crippen LogP contribution in [0.2, 0.25) is 0 Å². The van der Waals surface area contributed by atoms with Gasteiger partial charge in [0.15, 0.2) is 24.7 Å². The van der Waals surface area contributed by atoms with Gasteiger partial charge in [0.2, 0.25) is 5.78 Å². The van der Waals surface area contributed by atoms with Gasteiger partial charge in [-0.1, -0.05) is 19.9 Å². The Morgan fingerprint density at radius 3 is 2.65 bits per heavy atom. The van der Waals surface area contributed by atoms with E-state index in [2.05, 4.69) is 19.9 Å². The molecule has 1 aromatic carbocycles. The van der Waals surface area contributed by atoms with Gasteiger partial charge in [-0.15, -0.1) is 0 Å². The van der Waals surface area contributed by atoms with Crippen LogP contribution in [0.1, 0.15) is 25.0 Å². The summed E-state index contributed by atoms with van der Waals surface area (Å²) in [6, 6.07) is 4.04. The third-order valence-corrected chi connectivity index (χ3v) is 2.67. The molecule has 92 valence electrons. The molecule has 2 rings (SSSR count). The van der Waals surface area contributed by atoms with Crippen LogP contribution in [0.5, 0.6) is 11.5 Å². The molecule has 0 fully saturated rings. The zero-order chi connectivity index (χ0) is 12.4. The first kappa shape index (κ1) is 12.0. The van der Waals surface area contributed by atoms with Crippen molar-refractivity contribution in [3.63, 3.8) is 0 Å². The van der Waals surface area contributed by atoms with Crippen molar-refractivity contribution in [3.8, 4) is 11.5 Å². The fourth-order valence-corrected chi connectivity index (χ4v) is 2.03. The molecule has 0 saturated heterocycles. The van der Waals surface area contributed by atoms with Crippen molar-refractivity contribution in [2.45, 2.75) is 27.2 Å². The molecule has 0 unspecified atom stereocenters. The third-order valence-electron chi connectivity index (χ3n) is 2.67. The molecule has 0 spiro atoms. The van der Waals surface area contributed by atoms with E-state index < -0.39 is 0 Å². The van der Waals surface area contributed by atoms with E-state index in [4.69, 9.17) is 9.47 Å². The summed E-state index contributed by atoms with van der Waals surface area (Å²) < 4.78 is 11.1. The molecule has 0 N–H and O–H groups in total. The zero-order valence-corrected chi connectivity index (χ0v) is 10.6. The van der Waals surface area contributed by atoms with Crippen LogP contribution in [-0.4, -0.2) is 19.0 Å². The minimum atomic E-state index is -0.0191. The molecule has 0 aromatic heterocycles. The Hall–Kier alpha value is -1.51. The van der Waals surface area contributed by atoms with E-state index >= 15 is 0 Å². The Labute approximate surface area is 102 Å². The van der Waals surface area contributed by atoms with Gasteiger partial charge in [-0.05, 0) is 36.5 Å². The predicted molar refractivity (Wildman–Crippen MR) is 65.7 cm³/mol. The van der Waals surface area contributed by atoms with Crippen LogP contribution in [0.3, 0.4) is 0 Å². The highest BCUT2D eigenvalue weighted by Gasteiger charge is 2.19. The lowest BCUT2D eigenvalue weighted by atomic mass is 10.00. The number of hydrogen-bond donors (Lipinski definition) is 0. The fraction of sp³-hybridized carbons (Fsp3) is 0.500. The summed E-state index contributed by atoms with van der Waals surface area (Å²) in [4.78, 5) is 11.3. The molecule has 1 aliphatic rings. The predicted octanol–water partition coefficient (Wildman–Crippen LogP) is 2.53. The van der Waals surface area contributed by atoms with Gasteiger partial charge >= 0.3 is 0 Å². The number of carbonyl (C=O) groups excluding carboxylic acids is 1. The van der Waals surface area contributed by atoms with Gasteiger partial charge in [0.25, 0.3) is 0 Å². The van der Waals surface area contributed by atoms with E-state index in [1.807, 2.05) is 13.0 Å². The summed E-state index contributed by atoms with van der Waals surface area (Å²) in [7, 11) is 0. The maximum atomic E-state index is 11.3. The molecule has 0 atom stereocenters. The topological polar surface area (TPSA) is 35.5 Å². The van der Waals surface area contributed by atoms with Crippen LogP contribution >= 0.6 is 0 Å². The SMILES string of the molecule is Cc1cc(CC(C)C)c2c(c1)OCC(=O)CO2. The zero-order valence-electron chi connectivity index (χ0n) is 10.6. The monoisotopic (exact) mass is 234 g/mol. The minimum Gasteiger partial charge on any atom is -0.482 e. The van der Waals surface area contributed by atoms with Gasteiger partial charge in [0.05, 0.1) is 0 Å². The first-order valence-electron chi connectivity index (χ1n) is 5.97. The van der Waals surface area contributed by atoms with Crippen molar-refractivity contribution < 1.29 is 14.3 Å². The molecule has 3 heteroatoms. The lowest BCUT2D eigenvalue weighted by molar-refractivity contribution is -0.122. The maximum absolute atomic E-state index is 11.3. The van der Waals surface area contributed by atoms with E-state index in [9.17, 15) is 4.79 Å². The molecule has 3 nitrogen and oxygen atoms in total. The number of rotatable bonds is 2. The quantitative estimate of drug-likeness (QED) is 0.788. The average molecular weight is 234 g/mol. The summed E-state index contributed by atoms with van der Waals surface area (Å²) in [5, 5.41) is 0. The lowest BCUT2D eigenvalue weighted by Gasteiger charge is -2.14. The summed E-state index contributed by atoms with van der Waals surface area (Å²) >= 11 is 0. The number of Topliss-reactive ketones (excluding diaryl/α,β-unsaturated/α-hetero) is 1. The molecule has 17 heavy (non-hydrogen) atoms. The second-order valence-corrected chi connectivity index (χ2v) is 4.97. The maximum Gasteiger partial charge on any atom is 0.207 e. The number of benzene rings is 1. The van der Waals surface area contributed by atoms with Crippen molar-refractivity contribution in [2.24, 2.45) is 5.92 Å². The number of ketones is 1. The molecular formula is C14H18O3. The van der Waals surface area contributed by atoms with E-state index in [-0.39, 0.29) is 19.0 Å². The van der Waals surface area contributed by atoms with Crippen molar-refractivity contribution in [1.82, 2.24) is 0 Å². The molecule has 0 aliphatic carbocycles. The Morgan fingerprint density at radius 1 is 1.24 bits per heavy atom. The van der Waals surface area contributed by atoms with E-state index in [1.54, 1.807) is 0 Å². The molecule has 0 radical (unpaired) electrons. The number of carbonyl (C=O) groups is 1. The average Bonchev–Trinajstić information content (AvgIpc) is 2.40. The molecular weight excluding hydrogens is 216 g/mol. The van der Waals surface area contributed by atoms with Gasteiger partial charge < -0.3 is 9.47 Å². The van der Waals surface area contributed by atoms with E-state index in [0.29, 0.717) is 11.7 Å². The first-order chi connectivity index (χ1) is 8.06. The first-order valence-corrected chi connectivity index (χ1v) is 5.97. The van der Waals surface area contributed by atoms with E-state index in [0.717, 1.165) is 23.3 Å². The van der Waals surface area contributed by atoms with Crippen LogP contribution in [0, 0.1) is 12.8 Å². The molecule has 1 heterocycles. The van der Waals surface area contributed by atoms with Gasteiger partial charge in [-0.3, -0.25) is 4.79 Å². The fourth-order valence-electron chi connectivity index (χ4n) is 2.03. The molecule has 1 aliphatic heterocycles. The highest BCUT2D eigenvalue weighted by molar-refractivity contribution is 5.82. The molecule has 0 amide bonds. The Kier molecular flexibility index (Phi) is 3.36. The summed E-state index contributed by atoms with van der Waals surface area (Å²) in [6.07, 6.45) is 0.932. The number of aryl methyl sites for hydroxylation is 1. The van der Waals surface area contributed by atoms with Crippen LogP contribution in [0.25, 0.3) is 0 Å². The Bertz CT molecular complexity index is 435. The van der Waals surface area contributed by atoms with Gasteiger partial charge in [0.1, 0.15) is 0 Å². The second kappa shape index (κ2) is 4.78. The lowest BCUT2D eigenvalue weighted by Crippen LogP contribution is -2.15. The van der Waals surface area contributed by atoms with Crippen LogP contribution in [-0.2, 0) is 11.2 Å². The van der Waals surface area contributed by atoms with Crippen LogP contribution in [0.15, 0.2) is 12.1 Å². The summed E-state index contributed by atoms with van der Waals surface area (Å²) in [5.74, 6) is 1.97. The minimum absolute atomic E-state index is 0.0191. The number of hydrogen-bond acceptors (Lipinski definition) is 3. The molecule has 0 bridgehead atoms. The smallest absolute Gasteiger partial charge is 0.207 e. The highest BCUT2D eigenvalue weighted by atomic mass is 16.5. The van der Waals surface area contributed by atoms with Crippen LogP contribution < -0.4 is 9.47 Å². The number of fused-ring (bicyclic) bond motifs is 1. The summed E-state index contributed by atoms with van der Waals surface area (Å²) in [6.45, 7) is 6.58. The van der Waals surface area contributed by atoms with E-state index in [1.165, 1.54) is 0 Å². The standard InChI is InChI=1S/C14H18O3/c1-9(2)4-11-5-10(3)6-13-14(11)17-8-12(15)7-16-13/h5-6,9H,4,7-8H2,1-3H3. The summed E-state index contributed by atoms with van der Waals surface area (Å²) in [5.41, 5.74) is 2.27. The highest BCUT2D eigenvalue weighted by Crippen LogP contribution is 2.35. The van der Waals surface area contributed by atoms with Crippen LogP contribution in [0.4, 0.5) is 0 Å². The van der Waals surface area contributed by atoms with Crippen molar-refractivity contribution >= 4 is 5.78 Å². The largest absolute Gasteiger partial charge is 0.482 e. The Balaban J connectivity index is 2.39. The van der Waals surface area contributed by atoms with Crippen molar-refractivity contribution in [1.29, 1.82) is 0 Å². The molecule has 0 saturated carbocycles. The molecule has 1 aromatic rings. The van der Waals surface area contributed by atoms with Gasteiger partial charge in [0, 0.05) is 0 Å². The van der Waals surface area contributed by atoms with Crippen molar-refractivity contribution in [2.75, 3.05) is 13.2 Å². The van der Waals surface area contributed by atoms with Gasteiger partial charge in [-0.25, -0.2) is 0 Å². The van der Waals surface area contributed by atoms with Gasteiger partial charge in [-0.2, -0.15) is 0 Å². The Morgan fingerprint density at radius 2 is 1.94 bits per heavy atom. The second-order valence-electron chi connectivity index (χ2n) is 4.97. The third kappa shape index (κ3) is 2.78. The van der Waals surface area contributed by atoms with Crippen molar-refractivity contribution in [3.05, 3.63) is 23.3 Å². The normalized spacial score (nSPS) is 14.9. The number of ether oxygens (including phenoxy) is 2.